The minimum absolute atomic E-state index is 0.107. The fourth-order valence-corrected chi connectivity index (χ4v) is 6.43. The third-order valence-electron chi connectivity index (χ3n) is 6.80. The van der Waals surface area contributed by atoms with Crippen LogP contribution >= 0.6 is 0 Å². The Morgan fingerprint density at radius 2 is 1.68 bits per heavy atom. The Hall–Kier alpha value is -3.59. The zero-order valence-corrected chi connectivity index (χ0v) is 23.1. The van der Waals surface area contributed by atoms with Crippen molar-refractivity contribution < 1.29 is 22.7 Å². The van der Waals surface area contributed by atoms with Crippen LogP contribution in [0.25, 0.3) is 10.8 Å². The largest absolute Gasteiger partial charge is 0.497 e. The van der Waals surface area contributed by atoms with E-state index in [1.165, 1.54) is 4.31 Å². The average Bonchev–Trinajstić information content (AvgIpc) is 3.13. The highest BCUT2D eigenvalue weighted by Gasteiger charge is 2.35. The van der Waals surface area contributed by atoms with Crippen LogP contribution in [0.3, 0.4) is 0 Å². The van der Waals surface area contributed by atoms with E-state index in [9.17, 15) is 18.0 Å². The van der Waals surface area contributed by atoms with Gasteiger partial charge in [0.15, 0.2) is 0 Å². The molecule has 0 spiro atoms. The second-order valence-corrected chi connectivity index (χ2v) is 11.8. The molecule has 1 aliphatic rings. The molecule has 2 amide bonds. The van der Waals surface area contributed by atoms with Gasteiger partial charge in [-0.25, -0.2) is 8.42 Å². The monoisotopic (exact) mass is 537 g/mol. The van der Waals surface area contributed by atoms with Gasteiger partial charge in [-0.05, 0) is 54.5 Å². The van der Waals surface area contributed by atoms with E-state index in [0.717, 1.165) is 16.3 Å². The van der Waals surface area contributed by atoms with Crippen LogP contribution in [0.2, 0.25) is 0 Å². The Morgan fingerprint density at radius 3 is 2.34 bits per heavy atom. The first-order valence-corrected chi connectivity index (χ1v) is 14.3. The summed E-state index contributed by atoms with van der Waals surface area (Å²) in [5, 5.41) is 4.50. The molecular formula is C29H35N3O5S. The summed E-state index contributed by atoms with van der Waals surface area (Å²) in [6, 6.07) is 17.5. The quantitative estimate of drug-likeness (QED) is 0.393. The molecule has 9 heteroatoms. The van der Waals surface area contributed by atoms with Crippen molar-refractivity contribution >= 4 is 38.3 Å². The fourth-order valence-electron chi connectivity index (χ4n) is 4.68. The molecule has 38 heavy (non-hydrogen) atoms. The van der Waals surface area contributed by atoms with E-state index in [0.29, 0.717) is 29.3 Å². The number of anilines is 1. The number of nitrogens with one attached hydrogen (secondary N) is 1. The normalized spacial score (nSPS) is 14.5. The Labute approximate surface area is 224 Å². The van der Waals surface area contributed by atoms with Gasteiger partial charge in [-0.3, -0.25) is 13.9 Å². The van der Waals surface area contributed by atoms with Crippen LogP contribution in [-0.2, 0) is 26.2 Å². The van der Waals surface area contributed by atoms with Crippen molar-refractivity contribution in [2.45, 2.75) is 51.1 Å². The summed E-state index contributed by atoms with van der Waals surface area (Å²) in [4.78, 5) is 28.2. The molecule has 0 bridgehead atoms. The van der Waals surface area contributed by atoms with Gasteiger partial charge >= 0.3 is 0 Å². The number of hydrogen-bond acceptors (Lipinski definition) is 5. The molecule has 1 N–H and O–H groups in total. The average molecular weight is 538 g/mol. The lowest BCUT2D eigenvalue weighted by Crippen LogP contribution is -2.48. The van der Waals surface area contributed by atoms with E-state index in [1.807, 2.05) is 56.3 Å². The number of sulfonamides is 1. The van der Waals surface area contributed by atoms with Gasteiger partial charge in [-0.2, -0.15) is 0 Å². The minimum Gasteiger partial charge on any atom is -0.497 e. The third-order valence-corrected chi connectivity index (χ3v) is 8.65. The molecule has 0 saturated carbocycles. The van der Waals surface area contributed by atoms with Crippen LogP contribution in [-0.4, -0.2) is 51.4 Å². The number of ether oxygens (including phenoxy) is 1. The van der Waals surface area contributed by atoms with Crippen molar-refractivity contribution in [1.29, 1.82) is 0 Å². The van der Waals surface area contributed by atoms with Crippen molar-refractivity contribution in [2.24, 2.45) is 5.92 Å². The number of methoxy groups -OCH3 is 1. The smallest absolute Gasteiger partial charge is 0.265 e. The molecule has 4 rings (SSSR count). The molecule has 1 atom stereocenters. The van der Waals surface area contributed by atoms with Crippen LogP contribution < -0.4 is 14.4 Å². The number of carbonyl (C=O) groups excluding carboxylic acids is 2. The summed E-state index contributed by atoms with van der Waals surface area (Å²) in [6.45, 7) is 6.69. The molecule has 1 aliphatic heterocycles. The summed E-state index contributed by atoms with van der Waals surface area (Å²) < 4.78 is 33.1. The van der Waals surface area contributed by atoms with Crippen molar-refractivity contribution in [3.05, 3.63) is 66.2 Å². The topological polar surface area (TPSA) is 96.0 Å². The Kier molecular flexibility index (Phi) is 8.26. The third kappa shape index (κ3) is 5.62. The summed E-state index contributed by atoms with van der Waals surface area (Å²) in [7, 11) is -2.10. The lowest BCUT2D eigenvalue weighted by Gasteiger charge is -2.29. The number of rotatable bonds is 11. The van der Waals surface area contributed by atoms with E-state index in [2.05, 4.69) is 5.32 Å². The van der Waals surface area contributed by atoms with Crippen LogP contribution in [0.4, 0.5) is 5.69 Å². The fraction of sp³-hybridized carbons (Fsp3) is 0.379. The summed E-state index contributed by atoms with van der Waals surface area (Å²) >= 11 is 0. The molecule has 3 aromatic rings. The lowest BCUT2D eigenvalue weighted by atomic mass is 10.1. The molecule has 0 unspecified atom stereocenters. The first kappa shape index (κ1) is 27.4. The SMILES string of the molecule is COc1ccc(CN(C(=O)CCCN2c3cccc4cccc(c34)S2(=O)=O)[C@H](C)C(=O)NCC(C)C)cc1. The number of hydrogen-bond donors (Lipinski definition) is 1. The molecule has 3 aromatic carbocycles. The molecule has 0 radical (unpaired) electrons. The molecular weight excluding hydrogens is 502 g/mol. The van der Waals surface area contributed by atoms with Crippen molar-refractivity contribution in [2.75, 3.05) is 24.5 Å². The van der Waals surface area contributed by atoms with Gasteiger partial charge in [0.05, 0.1) is 17.7 Å². The van der Waals surface area contributed by atoms with Crippen molar-refractivity contribution in [3.63, 3.8) is 0 Å². The highest BCUT2D eigenvalue weighted by molar-refractivity contribution is 7.93. The molecule has 8 nitrogen and oxygen atoms in total. The number of benzene rings is 3. The predicted molar refractivity (Wildman–Crippen MR) is 149 cm³/mol. The summed E-state index contributed by atoms with van der Waals surface area (Å²) in [5.74, 6) is 0.565. The van der Waals surface area contributed by atoms with E-state index in [-0.39, 0.29) is 37.2 Å². The minimum atomic E-state index is -3.68. The van der Waals surface area contributed by atoms with Gasteiger partial charge < -0.3 is 15.0 Å². The maximum atomic E-state index is 13.5. The van der Waals surface area contributed by atoms with Gasteiger partial charge in [0.25, 0.3) is 10.0 Å². The number of carbonyl (C=O) groups is 2. The van der Waals surface area contributed by atoms with Crippen LogP contribution in [0.15, 0.2) is 65.6 Å². The van der Waals surface area contributed by atoms with E-state index >= 15 is 0 Å². The van der Waals surface area contributed by atoms with E-state index in [1.54, 1.807) is 37.1 Å². The molecule has 0 aliphatic carbocycles. The molecule has 0 saturated heterocycles. The zero-order valence-electron chi connectivity index (χ0n) is 22.3. The van der Waals surface area contributed by atoms with Gasteiger partial charge in [0.2, 0.25) is 11.8 Å². The first-order valence-electron chi connectivity index (χ1n) is 12.9. The van der Waals surface area contributed by atoms with E-state index < -0.39 is 16.1 Å². The summed E-state index contributed by atoms with van der Waals surface area (Å²) in [6.07, 6.45) is 0.429. The predicted octanol–water partition coefficient (Wildman–Crippen LogP) is 4.33. The molecule has 202 valence electrons. The van der Waals surface area contributed by atoms with Gasteiger partial charge in [0.1, 0.15) is 11.8 Å². The maximum absolute atomic E-state index is 13.5. The van der Waals surface area contributed by atoms with Gasteiger partial charge in [-0.15, -0.1) is 0 Å². The number of amides is 2. The lowest BCUT2D eigenvalue weighted by molar-refractivity contribution is -0.140. The van der Waals surface area contributed by atoms with Gasteiger partial charge in [0, 0.05) is 31.4 Å². The van der Waals surface area contributed by atoms with Crippen molar-refractivity contribution in [1.82, 2.24) is 10.2 Å². The van der Waals surface area contributed by atoms with Crippen molar-refractivity contribution in [3.8, 4) is 5.75 Å². The molecule has 0 aromatic heterocycles. The van der Waals surface area contributed by atoms with Crippen LogP contribution in [0.1, 0.15) is 39.2 Å². The zero-order chi connectivity index (χ0) is 27.4. The second-order valence-electron chi connectivity index (χ2n) is 10.00. The Morgan fingerprint density at radius 1 is 1.00 bits per heavy atom. The van der Waals surface area contributed by atoms with Crippen LogP contribution in [0.5, 0.6) is 5.75 Å². The first-order chi connectivity index (χ1) is 18.1. The summed E-state index contributed by atoms with van der Waals surface area (Å²) in [5.41, 5.74) is 1.51. The highest BCUT2D eigenvalue weighted by atomic mass is 32.2. The number of nitrogens with zero attached hydrogens (tertiary/aromatic N) is 2. The van der Waals surface area contributed by atoms with Crippen LogP contribution in [0, 0.1) is 5.92 Å². The molecule has 1 heterocycles. The van der Waals surface area contributed by atoms with Gasteiger partial charge in [-0.1, -0.05) is 50.2 Å². The highest BCUT2D eigenvalue weighted by Crippen LogP contribution is 2.42. The Bertz CT molecular complexity index is 1410. The van der Waals surface area contributed by atoms with E-state index in [4.69, 9.17) is 4.74 Å². The maximum Gasteiger partial charge on any atom is 0.265 e. The Balaban J connectivity index is 1.48. The molecule has 0 fully saturated rings. The standard InChI is InChI=1S/C29H35N3O5S/c1-20(2)18-30-29(34)21(3)31(19-22-13-15-24(37-4)16-14-22)27(33)12-7-17-32-25-10-5-8-23-9-6-11-26(28(23)25)38(32,35)36/h5-6,8-11,13-16,20-21H,7,12,17-19H2,1-4H3,(H,30,34)/t21-/m1/s1. The second kappa shape index (κ2) is 11.4.